The van der Waals surface area contributed by atoms with E-state index in [4.69, 9.17) is 20.6 Å². The van der Waals surface area contributed by atoms with E-state index in [2.05, 4.69) is 0 Å². The number of anilines is 1. The number of hydrogen-bond acceptors (Lipinski definition) is 7. The monoisotopic (exact) mass is 551 g/mol. The van der Waals surface area contributed by atoms with Gasteiger partial charge < -0.3 is 24.7 Å². The van der Waals surface area contributed by atoms with Gasteiger partial charge >= 0.3 is 5.97 Å². The van der Waals surface area contributed by atoms with Crippen LogP contribution >= 0.6 is 0 Å². The fourth-order valence-electron chi connectivity index (χ4n) is 4.86. The van der Waals surface area contributed by atoms with Crippen LogP contribution in [0.2, 0.25) is 0 Å². The number of rotatable bonds is 10. The van der Waals surface area contributed by atoms with Crippen LogP contribution in [0.3, 0.4) is 0 Å². The van der Waals surface area contributed by atoms with Gasteiger partial charge in [-0.15, -0.1) is 0 Å². The molecule has 0 bridgehead atoms. The van der Waals surface area contributed by atoms with E-state index in [9.17, 15) is 18.4 Å². The molecule has 1 amide bonds. The van der Waals surface area contributed by atoms with Gasteiger partial charge in [0.2, 0.25) is 5.91 Å². The van der Waals surface area contributed by atoms with Gasteiger partial charge in [0.05, 0.1) is 13.7 Å². The minimum absolute atomic E-state index is 0.0731. The standard InChI is InChI=1S/C28H32N4O6S/c1-3-38-28(34)25(15-18-6-8-19(9-7-18)26(29)30)31-14-4-5-24(27(31)33)32(39(35)36)22-12-10-21-17-23(37-2)13-11-20(21)16-22/h6-13,16-17,24-25H,3-5,14-15H2,1-2H3,(H3,29,30)(H,35,36)/p-1. The number of likely N-dealkylation sites (tertiary alicyclic amines) is 1. The van der Waals surface area contributed by atoms with E-state index >= 15 is 0 Å². The first kappa shape index (κ1) is 28.1. The molecule has 1 fully saturated rings. The predicted molar refractivity (Wildman–Crippen MR) is 148 cm³/mol. The number of esters is 1. The Morgan fingerprint density at radius 3 is 2.51 bits per heavy atom. The summed E-state index contributed by atoms with van der Waals surface area (Å²) < 4.78 is 36.6. The second-order valence-electron chi connectivity index (χ2n) is 9.21. The number of nitrogens with zero attached hydrogens (tertiary/aromatic N) is 2. The molecule has 3 aromatic carbocycles. The number of nitrogen functional groups attached to an aromatic ring is 1. The Labute approximate surface area is 229 Å². The molecule has 1 aliphatic rings. The lowest BCUT2D eigenvalue weighted by Gasteiger charge is -2.42. The predicted octanol–water partition coefficient (Wildman–Crippen LogP) is 2.90. The molecule has 39 heavy (non-hydrogen) atoms. The van der Waals surface area contributed by atoms with Crippen molar-refractivity contribution in [3.63, 3.8) is 0 Å². The first-order chi connectivity index (χ1) is 18.7. The van der Waals surface area contributed by atoms with E-state index in [1.54, 1.807) is 62.6 Å². The van der Waals surface area contributed by atoms with E-state index < -0.39 is 35.2 Å². The van der Waals surface area contributed by atoms with Crippen molar-refractivity contribution in [2.75, 3.05) is 24.6 Å². The van der Waals surface area contributed by atoms with Crippen LogP contribution in [0.4, 0.5) is 5.69 Å². The van der Waals surface area contributed by atoms with Crippen molar-refractivity contribution in [1.82, 2.24) is 4.90 Å². The molecule has 0 saturated carbocycles. The van der Waals surface area contributed by atoms with Crippen LogP contribution in [0.1, 0.15) is 30.9 Å². The minimum atomic E-state index is -2.75. The number of benzene rings is 3. The van der Waals surface area contributed by atoms with Crippen molar-refractivity contribution in [2.24, 2.45) is 5.73 Å². The first-order valence-corrected chi connectivity index (χ1v) is 13.6. The van der Waals surface area contributed by atoms with Gasteiger partial charge in [-0.25, -0.2) is 4.79 Å². The fraction of sp³-hybridized carbons (Fsp3) is 0.321. The number of nitrogens with two attached hydrogens (primary N) is 1. The lowest BCUT2D eigenvalue weighted by atomic mass is 9.97. The number of amides is 1. The Balaban J connectivity index is 1.64. The SMILES string of the molecule is CCOC(=O)C(Cc1ccc(C(=N)N)cc1)N1CCCC(N(c2ccc3cc(OC)ccc3c2)S(=O)[O-])C1=O. The number of carbonyl (C=O) groups is 2. The summed E-state index contributed by atoms with van der Waals surface area (Å²) in [5, 5.41) is 9.24. The van der Waals surface area contributed by atoms with Crippen LogP contribution in [0.5, 0.6) is 5.75 Å². The number of fused-ring (bicyclic) bond motifs is 1. The third kappa shape index (κ3) is 6.21. The van der Waals surface area contributed by atoms with E-state index in [1.165, 1.54) is 4.90 Å². The maximum absolute atomic E-state index is 13.8. The first-order valence-electron chi connectivity index (χ1n) is 12.6. The van der Waals surface area contributed by atoms with E-state index in [-0.39, 0.29) is 18.9 Å². The molecule has 206 valence electrons. The van der Waals surface area contributed by atoms with Gasteiger partial charge in [-0.2, -0.15) is 0 Å². The van der Waals surface area contributed by atoms with Gasteiger partial charge in [-0.1, -0.05) is 36.4 Å². The summed E-state index contributed by atoms with van der Waals surface area (Å²) in [6.07, 6.45) is 0.995. The van der Waals surface area contributed by atoms with Crippen molar-refractivity contribution in [3.05, 3.63) is 71.8 Å². The number of ether oxygens (including phenoxy) is 2. The molecule has 3 N–H and O–H groups in total. The highest BCUT2D eigenvalue weighted by Crippen LogP contribution is 2.31. The average Bonchev–Trinajstić information content (AvgIpc) is 2.93. The topological polar surface area (TPSA) is 149 Å². The molecule has 0 spiro atoms. The molecule has 3 unspecified atom stereocenters. The van der Waals surface area contributed by atoms with Crippen molar-refractivity contribution in [1.29, 1.82) is 5.41 Å². The van der Waals surface area contributed by atoms with Gasteiger partial charge in [-0.3, -0.25) is 18.7 Å². The highest BCUT2D eigenvalue weighted by atomic mass is 32.2. The number of methoxy groups -OCH3 is 1. The van der Waals surface area contributed by atoms with Gasteiger partial charge in [-0.05, 0) is 60.4 Å². The fourth-order valence-corrected chi connectivity index (χ4v) is 5.54. The van der Waals surface area contributed by atoms with Crippen LogP contribution < -0.4 is 14.8 Å². The van der Waals surface area contributed by atoms with E-state index in [1.807, 2.05) is 12.1 Å². The quantitative estimate of drug-likeness (QED) is 0.170. The van der Waals surface area contributed by atoms with E-state index in [0.717, 1.165) is 20.6 Å². The number of carbonyl (C=O) groups excluding carboxylic acids is 2. The molecule has 4 rings (SSSR count). The van der Waals surface area contributed by atoms with Gasteiger partial charge in [0.1, 0.15) is 23.7 Å². The molecular weight excluding hydrogens is 520 g/mol. The third-order valence-corrected chi connectivity index (χ3v) is 7.59. The molecule has 0 radical (unpaired) electrons. The lowest BCUT2D eigenvalue weighted by molar-refractivity contribution is -0.156. The molecule has 10 nitrogen and oxygen atoms in total. The van der Waals surface area contributed by atoms with Crippen LogP contribution in [0.25, 0.3) is 10.8 Å². The zero-order chi connectivity index (χ0) is 28.1. The Kier molecular flexibility index (Phi) is 8.82. The Morgan fingerprint density at radius 2 is 1.87 bits per heavy atom. The largest absolute Gasteiger partial charge is 0.755 e. The zero-order valence-electron chi connectivity index (χ0n) is 21.8. The molecular formula is C28H31N4O6S-. The normalized spacial score (nSPS) is 16.9. The molecule has 1 saturated heterocycles. The molecule has 3 atom stereocenters. The maximum Gasteiger partial charge on any atom is 0.329 e. The number of nitrogens with one attached hydrogen (secondary N) is 1. The molecule has 1 aliphatic heterocycles. The van der Waals surface area contributed by atoms with E-state index in [0.29, 0.717) is 36.4 Å². The lowest BCUT2D eigenvalue weighted by Crippen LogP contribution is -2.58. The maximum atomic E-state index is 13.8. The van der Waals surface area contributed by atoms with Crippen LogP contribution in [0, 0.1) is 5.41 Å². The Hall–Kier alpha value is -3.96. The summed E-state index contributed by atoms with van der Waals surface area (Å²) in [5.74, 6) is -0.412. The Morgan fingerprint density at radius 1 is 1.18 bits per heavy atom. The van der Waals surface area contributed by atoms with Crippen molar-refractivity contribution in [2.45, 2.75) is 38.3 Å². The summed E-state index contributed by atoms with van der Waals surface area (Å²) in [6.45, 7) is 2.12. The smallest absolute Gasteiger partial charge is 0.329 e. The minimum Gasteiger partial charge on any atom is -0.755 e. The van der Waals surface area contributed by atoms with Gasteiger partial charge in [0.15, 0.2) is 0 Å². The Bertz CT molecular complexity index is 1400. The van der Waals surface area contributed by atoms with Gasteiger partial charge in [0, 0.05) is 35.5 Å². The van der Waals surface area contributed by atoms with Crippen LogP contribution in [-0.4, -0.2) is 63.7 Å². The van der Waals surface area contributed by atoms with Crippen molar-refractivity contribution < 1.29 is 27.8 Å². The molecule has 0 aromatic heterocycles. The van der Waals surface area contributed by atoms with Crippen molar-refractivity contribution >= 4 is 45.4 Å². The summed E-state index contributed by atoms with van der Waals surface area (Å²) in [7, 11) is 1.57. The molecule has 11 heteroatoms. The zero-order valence-corrected chi connectivity index (χ0v) is 22.6. The van der Waals surface area contributed by atoms with Gasteiger partial charge in [0.25, 0.3) is 0 Å². The molecule has 0 aliphatic carbocycles. The second-order valence-corrected chi connectivity index (χ2v) is 10.0. The highest BCUT2D eigenvalue weighted by molar-refractivity contribution is 7.80. The summed E-state index contributed by atoms with van der Waals surface area (Å²) in [4.78, 5) is 28.3. The average molecular weight is 552 g/mol. The molecule has 1 heterocycles. The number of hydrogen-bond donors (Lipinski definition) is 2. The van der Waals surface area contributed by atoms with Crippen molar-refractivity contribution in [3.8, 4) is 5.75 Å². The van der Waals surface area contributed by atoms with Crippen LogP contribution in [-0.2, 0) is 32.0 Å². The number of piperidine rings is 1. The summed E-state index contributed by atoms with van der Waals surface area (Å²) in [5.41, 5.74) is 7.19. The molecule has 3 aromatic rings. The highest BCUT2D eigenvalue weighted by Gasteiger charge is 2.40. The summed E-state index contributed by atoms with van der Waals surface area (Å²) >= 11 is -2.75. The number of amidine groups is 1. The summed E-state index contributed by atoms with van der Waals surface area (Å²) in [6, 6.07) is 15.5. The third-order valence-electron chi connectivity index (χ3n) is 6.80. The second kappa shape index (κ2) is 12.3. The van der Waals surface area contributed by atoms with Crippen LogP contribution in [0.15, 0.2) is 60.7 Å².